The molecule has 0 spiro atoms. The van der Waals surface area contributed by atoms with E-state index in [0.29, 0.717) is 0 Å². The molecule has 0 rings (SSSR count). The standard InChI is InChI=1S/K.N3.H4Si/c;1-3-2;/h;;1H4/q+1;-1;. The van der Waals surface area contributed by atoms with Crippen LogP contribution in [-0.2, 0) is 0 Å². The fraction of sp³-hybridized carbons (Fsp3) is 0. The molecule has 0 bridgehead atoms. The third-order valence-electron chi connectivity index (χ3n) is 0. The first-order valence-electron chi connectivity index (χ1n) is 0.400. The Bertz CT molecular complexity index is 27.9. The third-order valence-corrected chi connectivity index (χ3v) is 0. The van der Waals surface area contributed by atoms with Crippen LogP contribution in [0.1, 0.15) is 0 Å². The Morgan fingerprint density at radius 2 is 1.20 bits per heavy atom. The van der Waals surface area contributed by atoms with E-state index in [1.165, 1.54) is 4.91 Å². The maximum Gasteiger partial charge on any atom is 1.00 e. The quantitative estimate of drug-likeness (QED) is 0.135. The SMILES string of the molecule is [K+].[N-]=[N+]=[N-].[SiH4]. The molecular formula is H4KN3Si. The summed E-state index contributed by atoms with van der Waals surface area (Å²) < 4.78 is 0. The fourth-order valence-electron chi connectivity index (χ4n) is 0. The van der Waals surface area contributed by atoms with E-state index in [0.717, 1.165) is 0 Å². The van der Waals surface area contributed by atoms with Crippen LogP contribution in [0.3, 0.4) is 0 Å². The van der Waals surface area contributed by atoms with Crippen LogP contribution in [0.5, 0.6) is 0 Å². The van der Waals surface area contributed by atoms with Gasteiger partial charge in [0.15, 0.2) is 0 Å². The van der Waals surface area contributed by atoms with Gasteiger partial charge in [0, 0.05) is 0 Å². The van der Waals surface area contributed by atoms with Crippen molar-refractivity contribution in [2.24, 2.45) is 0 Å². The van der Waals surface area contributed by atoms with E-state index in [9.17, 15) is 0 Å². The molecule has 5 heavy (non-hydrogen) atoms. The fourth-order valence-corrected chi connectivity index (χ4v) is 0. The van der Waals surface area contributed by atoms with E-state index >= 15 is 0 Å². The second-order valence-corrected chi connectivity index (χ2v) is 0.0894. The van der Waals surface area contributed by atoms with Crippen molar-refractivity contribution in [1.82, 2.24) is 0 Å². The molecule has 24 valence electrons. The zero-order valence-electron chi connectivity index (χ0n) is 2.34. The van der Waals surface area contributed by atoms with E-state index in [2.05, 4.69) is 0 Å². The summed E-state index contributed by atoms with van der Waals surface area (Å²) in [5, 5.41) is 0. The molecule has 0 aliphatic heterocycles. The van der Waals surface area contributed by atoms with Crippen LogP contribution < -0.4 is 51.4 Å². The Hall–Kier alpha value is 1.16. The van der Waals surface area contributed by atoms with Crippen molar-refractivity contribution in [2.45, 2.75) is 0 Å². The molecule has 0 aromatic heterocycles. The van der Waals surface area contributed by atoms with E-state index in [1.807, 2.05) is 0 Å². The van der Waals surface area contributed by atoms with Gasteiger partial charge in [-0.15, -0.1) is 0 Å². The van der Waals surface area contributed by atoms with Gasteiger partial charge in [-0.25, -0.2) is 0 Å². The molecule has 0 heterocycles. The van der Waals surface area contributed by atoms with Crippen molar-refractivity contribution in [1.29, 1.82) is 0 Å². The molecule has 0 aliphatic rings. The predicted octanol–water partition coefficient (Wildman–Crippen LogP) is -3.58. The average Bonchev–Trinajstić information content (AvgIpc) is 0.918. The number of rotatable bonds is 0. The molecule has 0 saturated carbocycles. The minimum atomic E-state index is 0. The smallest absolute Gasteiger partial charge is 0.373 e. The summed E-state index contributed by atoms with van der Waals surface area (Å²) in [5.41, 5.74) is 13.5. The number of hydrogen-bond acceptors (Lipinski definition) is 0. The van der Waals surface area contributed by atoms with Crippen LogP contribution in [-0.4, -0.2) is 11.0 Å². The molecular weight excluding hydrogens is 109 g/mol. The van der Waals surface area contributed by atoms with Gasteiger partial charge in [-0.1, -0.05) is 0 Å². The van der Waals surface area contributed by atoms with Crippen molar-refractivity contribution in [3.63, 3.8) is 0 Å². The summed E-state index contributed by atoms with van der Waals surface area (Å²) in [5.74, 6) is 0. The minimum absolute atomic E-state index is 0. The second-order valence-electron chi connectivity index (χ2n) is 0.0894. The maximum absolute atomic E-state index is 6.75. The molecule has 0 aromatic rings. The minimum Gasteiger partial charge on any atom is -0.373 e. The summed E-state index contributed by atoms with van der Waals surface area (Å²) in [4.78, 5) is 1.50. The molecule has 0 aliphatic carbocycles. The normalized spacial score (nSPS) is 1.60. The van der Waals surface area contributed by atoms with Crippen molar-refractivity contribution < 1.29 is 51.4 Å². The van der Waals surface area contributed by atoms with Gasteiger partial charge in [0.1, 0.15) is 0 Å². The van der Waals surface area contributed by atoms with Crippen LogP contribution in [0.15, 0.2) is 0 Å². The molecule has 0 N–H and O–H groups in total. The predicted molar refractivity (Wildman–Crippen MR) is 21.4 cm³/mol. The Labute approximate surface area is 77.0 Å². The first kappa shape index (κ1) is 16.4. The molecule has 0 saturated heterocycles. The monoisotopic (exact) mass is 113 g/mol. The zero-order chi connectivity index (χ0) is 2.71. The Morgan fingerprint density at radius 1 is 1.20 bits per heavy atom. The van der Waals surface area contributed by atoms with E-state index < -0.39 is 0 Å². The summed E-state index contributed by atoms with van der Waals surface area (Å²) in [6, 6.07) is 0. The van der Waals surface area contributed by atoms with Gasteiger partial charge in [-0.05, 0) is 11.0 Å². The Morgan fingerprint density at radius 3 is 1.20 bits per heavy atom. The van der Waals surface area contributed by atoms with Crippen LogP contribution in [0.25, 0.3) is 16.0 Å². The van der Waals surface area contributed by atoms with E-state index in [-0.39, 0.29) is 62.3 Å². The molecule has 0 amide bonds. The topological polar surface area (TPSA) is 58.7 Å². The molecule has 0 aromatic carbocycles. The maximum atomic E-state index is 6.75. The largest absolute Gasteiger partial charge is 1.00 e. The number of nitrogens with zero attached hydrogens (tertiary/aromatic N) is 3. The van der Waals surface area contributed by atoms with E-state index in [4.69, 9.17) is 11.1 Å². The Balaban J connectivity index is -0.0000000200. The molecule has 3 nitrogen and oxygen atoms in total. The van der Waals surface area contributed by atoms with Crippen LogP contribution in [0, 0.1) is 0 Å². The molecule has 0 atom stereocenters. The first-order chi connectivity index (χ1) is 1.41. The average molecular weight is 113 g/mol. The first-order valence-corrected chi connectivity index (χ1v) is 0.400. The van der Waals surface area contributed by atoms with Crippen molar-refractivity contribution in [3.8, 4) is 0 Å². The van der Waals surface area contributed by atoms with Gasteiger partial charge in [-0.3, -0.25) is 4.91 Å². The van der Waals surface area contributed by atoms with Crippen molar-refractivity contribution in [3.05, 3.63) is 16.0 Å². The van der Waals surface area contributed by atoms with Crippen LogP contribution >= 0.6 is 0 Å². The third kappa shape index (κ3) is 38.2. The molecule has 0 fully saturated rings. The number of hydrogen-bond donors (Lipinski definition) is 0. The zero-order valence-corrected chi connectivity index (χ0v) is 5.46. The van der Waals surface area contributed by atoms with Crippen LogP contribution in [0.4, 0.5) is 0 Å². The molecule has 0 radical (unpaired) electrons. The molecule has 5 heteroatoms. The van der Waals surface area contributed by atoms with Crippen molar-refractivity contribution >= 4 is 11.0 Å². The van der Waals surface area contributed by atoms with Gasteiger partial charge in [0.2, 0.25) is 0 Å². The second kappa shape index (κ2) is 19.1. The van der Waals surface area contributed by atoms with Crippen molar-refractivity contribution in [2.75, 3.05) is 0 Å². The van der Waals surface area contributed by atoms with Gasteiger partial charge >= 0.3 is 51.4 Å². The van der Waals surface area contributed by atoms with Gasteiger partial charge < -0.3 is 11.1 Å². The summed E-state index contributed by atoms with van der Waals surface area (Å²) in [6.45, 7) is 0. The van der Waals surface area contributed by atoms with E-state index in [1.54, 1.807) is 0 Å². The van der Waals surface area contributed by atoms with Gasteiger partial charge in [0.05, 0.1) is 0 Å². The molecule has 0 unspecified atom stereocenters. The van der Waals surface area contributed by atoms with Crippen LogP contribution in [0.2, 0.25) is 0 Å². The van der Waals surface area contributed by atoms with Gasteiger partial charge in [0.25, 0.3) is 0 Å². The summed E-state index contributed by atoms with van der Waals surface area (Å²) in [7, 11) is 0. The Kier molecular flexibility index (Phi) is 62.8. The van der Waals surface area contributed by atoms with Gasteiger partial charge in [-0.2, -0.15) is 0 Å². The summed E-state index contributed by atoms with van der Waals surface area (Å²) in [6.07, 6.45) is 0. The summed E-state index contributed by atoms with van der Waals surface area (Å²) >= 11 is 0.